The molecule has 6 nitrogen and oxygen atoms in total. The van der Waals surface area contributed by atoms with Crippen molar-refractivity contribution < 1.29 is 28.6 Å². The first-order chi connectivity index (χ1) is 11.8. The second-order valence-corrected chi connectivity index (χ2v) is 8.23. The molecule has 1 aliphatic rings. The molecule has 0 saturated carbocycles. The van der Waals surface area contributed by atoms with Gasteiger partial charge in [0.25, 0.3) is 0 Å². The summed E-state index contributed by atoms with van der Waals surface area (Å²) in [5.74, 6) is 2.24. The van der Waals surface area contributed by atoms with Gasteiger partial charge in [-0.15, -0.1) is 0 Å². The summed E-state index contributed by atoms with van der Waals surface area (Å²) in [6.07, 6.45) is 1.10. The average molecular weight is 391 g/mol. The molecule has 0 spiro atoms. The third-order valence-electron chi connectivity index (χ3n) is 3.21. The van der Waals surface area contributed by atoms with Crippen LogP contribution in [0.3, 0.4) is 0 Å². The third-order valence-corrected chi connectivity index (χ3v) is 6.00. The van der Waals surface area contributed by atoms with Gasteiger partial charge in [-0.05, 0) is 31.8 Å². The van der Waals surface area contributed by atoms with Gasteiger partial charge < -0.3 is 14.2 Å². The molecule has 1 fully saturated rings. The summed E-state index contributed by atoms with van der Waals surface area (Å²) in [4.78, 5) is 34.7. The lowest BCUT2D eigenvalue weighted by molar-refractivity contribution is -0.158. The molecule has 0 atom stereocenters. The molecular weight excluding hydrogens is 364 g/mol. The summed E-state index contributed by atoms with van der Waals surface area (Å²) in [5, 5.41) is 0. The molecule has 0 unspecified atom stereocenters. The molecule has 0 bridgehead atoms. The van der Waals surface area contributed by atoms with Crippen LogP contribution in [0.1, 0.15) is 33.1 Å². The van der Waals surface area contributed by atoms with Crippen LogP contribution in [-0.4, -0.2) is 59.7 Å². The van der Waals surface area contributed by atoms with E-state index in [-0.39, 0.29) is 31.6 Å². The van der Waals surface area contributed by atoms with E-state index in [2.05, 4.69) is 6.58 Å². The lowest BCUT2D eigenvalue weighted by atomic mass is 10.2. The highest BCUT2D eigenvalue weighted by molar-refractivity contribution is 8.00. The van der Waals surface area contributed by atoms with Crippen molar-refractivity contribution in [2.45, 2.75) is 38.7 Å². The van der Waals surface area contributed by atoms with Crippen LogP contribution in [0.5, 0.6) is 0 Å². The van der Waals surface area contributed by atoms with E-state index in [0.29, 0.717) is 0 Å². The Morgan fingerprint density at radius 3 is 2.16 bits per heavy atom. The monoisotopic (exact) mass is 390 g/mol. The molecule has 1 aliphatic heterocycles. The van der Waals surface area contributed by atoms with Crippen LogP contribution in [0.25, 0.3) is 0 Å². The minimum absolute atomic E-state index is 0.0185. The quantitative estimate of drug-likeness (QED) is 0.271. The predicted molar refractivity (Wildman–Crippen MR) is 99.7 cm³/mol. The van der Waals surface area contributed by atoms with E-state index in [1.54, 1.807) is 23.5 Å². The van der Waals surface area contributed by atoms with Crippen molar-refractivity contribution in [2.75, 3.05) is 36.2 Å². The van der Waals surface area contributed by atoms with E-state index >= 15 is 0 Å². The van der Waals surface area contributed by atoms with E-state index in [1.807, 2.05) is 6.92 Å². The Morgan fingerprint density at radius 1 is 1.00 bits per heavy atom. The molecule has 0 amide bonds. The van der Waals surface area contributed by atoms with E-state index in [9.17, 15) is 14.4 Å². The van der Waals surface area contributed by atoms with Crippen LogP contribution in [0.2, 0.25) is 0 Å². The zero-order valence-electron chi connectivity index (χ0n) is 14.8. The molecule has 1 rings (SSSR count). The highest BCUT2D eigenvalue weighted by Gasteiger charge is 2.30. The standard InChI is InChI=1S/C17H26O6S2/c1-13(2)16(20)22-8-7-21-14(18)5-6-15(19)23-17(3)11-24-9-4-10-25-12-17/h1,4-12H2,2-3H3. The first-order valence-electron chi connectivity index (χ1n) is 8.18. The molecule has 142 valence electrons. The fourth-order valence-corrected chi connectivity index (χ4v) is 4.44. The van der Waals surface area contributed by atoms with Crippen molar-refractivity contribution in [3.63, 3.8) is 0 Å². The van der Waals surface area contributed by atoms with Gasteiger partial charge in [-0.1, -0.05) is 6.58 Å². The molecule has 0 aromatic rings. The Hall–Kier alpha value is -1.15. The maximum atomic E-state index is 12.0. The summed E-state index contributed by atoms with van der Waals surface area (Å²) in [6, 6.07) is 0. The van der Waals surface area contributed by atoms with Gasteiger partial charge >= 0.3 is 17.9 Å². The maximum absolute atomic E-state index is 12.0. The molecule has 1 saturated heterocycles. The van der Waals surface area contributed by atoms with Gasteiger partial charge in [-0.25, -0.2) is 4.79 Å². The Bertz CT molecular complexity index is 484. The number of hydrogen-bond acceptors (Lipinski definition) is 8. The van der Waals surface area contributed by atoms with Crippen LogP contribution in [-0.2, 0) is 28.6 Å². The van der Waals surface area contributed by atoms with E-state index in [1.165, 1.54) is 13.3 Å². The second-order valence-electron chi connectivity index (χ2n) is 6.02. The van der Waals surface area contributed by atoms with Crippen molar-refractivity contribution in [1.29, 1.82) is 0 Å². The third kappa shape index (κ3) is 9.79. The lowest BCUT2D eigenvalue weighted by Crippen LogP contribution is -2.38. The van der Waals surface area contributed by atoms with Gasteiger partial charge in [0.05, 0.1) is 12.8 Å². The van der Waals surface area contributed by atoms with Crippen molar-refractivity contribution >= 4 is 41.4 Å². The van der Waals surface area contributed by atoms with Gasteiger partial charge in [0.15, 0.2) is 0 Å². The molecule has 0 radical (unpaired) electrons. The normalized spacial score (nSPS) is 16.9. The second kappa shape index (κ2) is 11.5. The zero-order chi connectivity index (χ0) is 18.7. The van der Waals surface area contributed by atoms with E-state index < -0.39 is 23.5 Å². The van der Waals surface area contributed by atoms with Crippen molar-refractivity contribution in [1.82, 2.24) is 0 Å². The highest BCUT2D eigenvalue weighted by Crippen LogP contribution is 2.27. The van der Waals surface area contributed by atoms with Crippen molar-refractivity contribution in [2.24, 2.45) is 0 Å². The molecule has 0 aliphatic carbocycles. The summed E-state index contributed by atoms with van der Waals surface area (Å²) >= 11 is 3.58. The van der Waals surface area contributed by atoms with Crippen LogP contribution in [0, 0.1) is 0 Å². The topological polar surface area (TPSA) is 78.9 Å². The predicted octanol–water partition coefficient (Wildman–Crippen LogP) is 2.60. The molecule has 0 aromatic heterocycles. The number of carbonyl (C=O) groups excluding carboxylic acids is 3. The van der Waals surface area contributed by atoms with Gasteiger partial charge in [-0.3, -0.25) is 9.59 Å². The summed E-state index contributed by atoms with van der Waals surface area (Å²) in [5.41, 5.74) is -0.207. The minimum Gasteiger partial charge on any atom is -0.462 e. The van der Waals surface area contributed by atoms with Gasteiger partial charge in [0, 0.05) is 17.1 Å². The molecule has 8 heteroatoms. The smallest absolute Gasteiger partial charge is 0.333 e. The molecular formula is C17H26O6S2. The van der Waals surface area contributed by atoms with Gasteiger partial charge in [0.1, 0.15) is 18.8 Å². The number of esters is 3. The Labute approximate surface area is 157 Å². The van der Waals surface area contributed by atoms with Gasteiger partial charge in [0.2, 0.25) is 0 Å². The first kappa shape index (κ1) is 21.9. The molecule has 0 N–H and O–H groups in total. The number of ether oxygens (including phenoxy) is 3. The maximum Gasteiger partial charge on any atom is 0.333 e. The first-order valence-corrected chi connectivity index (χ1v) is 10.5. The van der Waals surface area contributed by atoms with Crippen LogP contribution in [0.15, 0.2) is 12.2 Å². The van der Waals surface area contributed by atoms with Crippen LogP contribution >= 0.6 is 23.5 Å². The largest absolute Gasteiger partial charge is 0.462 e. The van der Waals surface area contributed by atoms with Crippen LogP contribution in [0.4, 0.5) is 0 Å². The molecule has 1 heterocycles. The minimum atomic E-state index is -0.525. The number of rotatable bonds is 8. The molecule has 25 heavy (non-hydrogen) atoms. The average Bonchev–Trinajstić information content (AvgIpc) is 2.53. The Morgan fingerprint density at radius 2 is 1.56 bits per heavy atom. The fourth-order valence-electron chi connectivity index (χ4n) is 1.95. The summed E-state index contributed by atoms with van der Waals surface area (Å²) in [7, 11) is 0. The molecule has 0 aromatic carbocycles. The Kier molecular flexibility index (Phi) is 10.0. The lowest BCUT2D eigenvalue weighted by Gasteiger charge is -2.30. The Balaban J connectivity index is 2.20. The van der Waals surface area contributed by atoms with Crippen molar-refractivity contribution in [3.05, 3.63) is 12.2 Å². The van der Waals surface area contributed by atoms with Gasteiger partial charge in [-0.2, -0.15) is 23.5 Å². The zero-order valence-corrected chi connectivity index (χ0v) is 16.5. The number of hydrogen-bond donors (Lipinski definition) is 0. The number of carbonyl (C=O) groups is 3. The fraction of sp³-hybridized carbons (Fsp3) is 0.706. The van der Waals surface area contributed by atoms with E-state index in [4.69, 9.17) is 14.2 Å². The number of thioether (sulfide) groups is 2. The summed E-state index contributed by atoms with van der Waals surface area (Å²) in [6.45, 7) is 6.84. The van der Waals surface area contributed by atoms with E-state index in [0.717, 1.165) is 23.0 Å². The highest BCUT2D eigenvalue weighted by atomic mass is 32.2. The summed E-state index contributed by atoms with van der Waals surface area (Å²) < 4.78 is 15.3. The SMILES string of the molecule is C=C(C)C(=O)OCCOC(=O)CCC(=O)OC1(C)CSCCCSC1. The van der Waals surface area contributed by atoms with Crippen LogP contribution < -0.4 is 0 Å². The van der Waals surface area contributed by atoms with Crippen molar-refractivity contribution in [3.8, 4) is 0 Å².